The molecule has 20 heavy (non-hydrogen) atoms. The van der Waals surface area contributed by atoms with Crippen molar-refractivity contribution in [2.45, 2.75) is 19.8 Å². The number of carbonyl (C=O) groups excluding carboxylic acids is 1. The van der Waals surface area contributed by atoms with Crippen LogP contribution in [0.1, 0.15) is 18.4 Å². The lowest BCUT2D eigenvalue weighted by Gasteiger charge is -2.18. The summed E-state index contributed by atoms with van der Waals surface area (Å²) in [6.07, 6.45) is 1.46. The number of halogens is 1. The van der Waals surface area contributed by atoms with Crippen LogP contribution >= 0.6 is 12.4 Å². The molecular formula is C15H25ClN2O2. The van der Waals surface area contributed by atoms with Gasteiger partial charge in [0.05, 0.1) is 6.54 Å². The zero-order valence-electron chi connectivity index (χ0n) is 12.5. The van der Waals surface area contributed by atoms with E-state index in [1.54, 1.807) is 4.90 Å². The van der Waals surface area contributed by atoms with Gasteiger partial charge in [-0.1, -0.05) is 18.2 Å². The standard InChI is InChI=1S/C15H24N2O2.ClH/c1-13-7-4-5-8-14(13)19-12-11-17(3)15(18)9-6-10-16-2;/h4-5,7-8,16H,6,9-12H2,1-3H3;1H. The van der Waals surface area contributed by atoms with Crippen molar-refractivity contribution < 1.29 is 9.53 Å². The first-order valence-electron chi connectivity index (χ1n) is 6.72. The number of aryl methyl sites for hydroxylation is 1. The number of rotatable bonds is 8. The molecule has 0 aliphatic heterocycles. The summed E-state index contributed by atoms with van der Waals surface area (Å²) in [4.78, 5) is 13.5. The van der Waals surface area contributed by atoms with E-state index in [0.717, 1.165) is 24.3 Å². The van der Waals surface area contributed by atoms with E-state index < -0.39 is 0 Å². The maximum Gasteiger partial charge on any atom is 0.222 e. The highest BCUT2D eigenvalue weighted by atomic mass is 35.5. The minimum Gasteiger partial charge on any atom is -0.491 e. The smallest absolute Gasteiger partial charge is 0.222 e. The molecule has 0 atom stereocenters. The molecule has 0 aliphatic carbocycles. The number of carbonyl (C=O) groups is 1. The number of nitrogens with zero attached hydrogens (tertiary/aromatic N) is 1. The average molecular weight is 301 g/mol. The summed E-state index contributed by atoms with van der Waals surface area (Å²) in [5.41, 5.74) is 1.12. The lowest BCUT2D eigenvalue weighted by molar-refractivity contribution is -0.130. The summed E-state index contributed by atoms with van der Waals surface area (Å²) in [5.74, 6) is 1.06. The molecule has 0 saturated heterocycles. The van der Waals surface area contributed by atoms with Crippen molar-refractivity contribution in [1.29, 1.82) is 0 Å². The van der Waals surface area contributed by atoms with Crippen LogP contribution in [-0.2, 0) is 4.79 Å². The molecule has 1 aromatic rings. The van der Waals surface area contributed by atoms with Crippen molar-refractivity contribution >= 4 is 18.3 Å². The molecule has 1 aromatic carbocycles. The van der Waals surface area contributed by atoms with Crippen LogP contribution in [0, 0.1) is 6.92 Å². The van der Waals surface area contributed by atoms with Crippen LogP contribution in [0.2, 0.25) is 0 Å². The first-order valence-corrected chi connectivity index (χ1v) is 6.72. The van der Waals surface area contributed by atoms with Gasteiger partial charge >= 0.3 is 0 Å². The molecule has 0 aliphatic rings. The van der Waals surface area contributed by atoms with Crippen LogP contribution < -0.4 is 10.1 Å². The van der Waals surface area contributed by atoms with Gasteiger partial charge in [-0.15, -0.1) is 12.4 Å². The number of para-hydroxylation sites is 1. The minimum absolute atomic E-state index is 0. The number of ether oxygens (including phenoxy) is 1. The van der Waals surface area contributed by atoms with Crippen molar-refractivity contribution in [2.75, 3.05) is 33.8 Å². The van der Waals surface area contributed by atoms with Gasteiger partial charge in [0.1, 0.15) is 12.4 Å². The van der Waals surface area contributed by atoms with Gasteiger partial charge in [-0.05, 0) is 38.6 Å². The Hall–Kier alpha value is -1.26. The highest BCUT2D eigenvalue weighted by Crippen LogP contribution is 2.15. The average Bonchev–Trinajstić information content (AvgIpc) is 2.41. The third-order valence-electron chi connectivity index (χ3n) is 3.02. The molecule has 0 unspecified atom stereocenters. The summed E-state index contributed by atoms with van der Waals surface area (Å²) < 4.78 is 5.68. The molecule has 1 rings (SSSR count). The fourth-order valence-electron chi connectivity index (χ4n) is 1.74. The van der Waals surface area contributed by atoms with Crippen LogP contribution in [0.5, 0.6) is 5.75 Å². The molecule has 0 bridgehead atoms. The highest BCUT2D eigenvalue weighted by Gasteiger charge is 2.08. The van der Waals surface area contributed by atoms with Crippen molar-refractivity contribution in [3.05, 3.63) is 29.8 Å². The Kier molecular flexibility index (Phi) is 9.86. The van der Waals surface area contributed by atoms with Crippen molar-refractivity contribution in [3.63, 3.8) is 0 Å². The van der Waals surface area contributed by atoms with Crippen LogP contribution in [0.4, 0.5) is 0 Å². The zero-order valence-corrected chi connectivity index (χ0v) is 13.3. The number of amides is 1. The van der Waals surface area contributed by atoms with Crippen molar-refractivity contribution in [1.82, 2.24) is 10.2 Å². The van der Waals surface area contributed by atoms with E-state index in [9.17, 15) is 4.79 Å². The monoisotopic (exact) mass is 300 g/mol. The topological polar surface area (TPSA) is 41.6 Å². The summed E-state index contributed by atoms with van der Waals surface area (Å²) >= 11 is 0. The third-order valence-corrected chi connectivity index (χ3v) is 3.02. The van der Waals surface area contributed by atoms with Crippen molar-refractivity contribution in [2.24, 2.45) is 0 Å². The van der Waals surface area contributed by atoms with Crippen molar-refractivity contribution in [3.8, 4) is 5.75 Å². The number of hydrogen-bond donors (Lipinski definition) is 1. The van der Waals surface area contributed by atoms with E-state index in [2.05, 4.69) is 5.32 Å². The Balaban J connectivity index is 0.00000361. The molecule has 114 valence electrons. The van der Waals surface area contributed by atoms with Crippen LogP contribution in [0.25, 0.3) is 0 Å². The summed E-state index contributed by atoms with van der Waals surface area (Å²) in [6, 6.07) is 7.90. The second kappa shape index (κ2) is 10.5. The summed E-state index contributed by atoms with van der Waals surface area (Å²) in [6.45, 7) is 4.03. The Morgan fingerprint density at radius 1 is 1.35 bits per heavy atom. The first kappa shape index (κ1) is 18.7. The molecule has 5 heteroatoms. The van der Waals surface area contributed by atoms with Gasteiger partial charge in [0, 0.05) is 13.5 Å². The van der Waals surface area contributed by atoms with E-state index in [4.69, 9.17) is 4.74 Å². The molecule has 1 amide bonds. The second-order valence-corrected chi connectivity index (χ2v) is 4.64. The molecular weight excluding hydrogens is 276 g/mol. The van der Waals surface area contributed by atoms with Gasteiger partial charge in [0.25, 0.3) is 0 Å². The van der Waals surface area contributed by atoms with E-state index in [1.165, 1.54) is 0 Å². The van der Waals surface area contributed by atoms with Crippen LogP contribution in [-0.4, -0.2) is 44.6 Å². The van der Waals surface area contributed by atoms with Gasteiger partial charge in [-0.2, -0.15) is 0 Å². The molecule has 0 spiro atoms. The minimum atomic E-state index is 0. The fourth-order valence-corrected chi connectivity index (χ4v) is 1.74. The van der Waals surface area contributed by atoms with E-state index in [0.29, 0.717) is 19.6 Å². The molecule has 0 heterocycles. The van der Waals surface area contributed by atoms with Crippen LogP contribution in [0.15, 0.2) is 24.3 Å². The van der Waals surface area contributed by atoms with E-state index in [1.807, 2.05) is 45.3 Å². The quantitative estimate of drug-likeness (QED) is 0.749. The SMILES string of the molecule is CNCCCC(=O)N(C)CCOc1ccccc1C.Cl. The number of likely N-dealkylation sites (N-methyl/N-ethyl adjacent to an activating group) is 1. The second-order valence-electron chi connectivity index (χ2n) is 4.64. The first-order chi connectivity index (χ1) is 9.15. The molecule has 0 fully saturated rings. The molecule has 0 radical (unpaired) electrons. The Morgan fingerprint density at radius 3 is 2.70 bits per heavy atom. The van der Waals surface area contributed by atoms with E-state index in [-0.39, 0.29) is 18.3 Å². The Labute approximate surface area is 127 Å². The maximum absolute atomic E-state index is 11.8. The number of benzene rings is 1. The van der Waals surface area contributed by atoms with Gasteiger partial charge < -0.3 is 15.0 Å². The molecule has 0 aromatic heterocycles. The van der Waals surface area contributed by atoms with E-state index >= 15 is 0 Å². The normalized spacial score (nSPS) is 9.75. The predicted octanol–water partition coefficient (Wildman–Crippen LogP) is 2.25. The highest BCUT2D eigenvalue weighted by molar-refractivity contribution is 5.85. The number of nitrogens with one attached hydrogen (secondary N) is 1. The number of hydrogen-bond acceptors (Lipinski definition) is 3. The predicted molar refractivity (Wildman–Crippen MR) is 84.7 cm³/mol. The lowest BCUT2D eigenvalue weighted by atomic mass is 10.2. The zero-order chi connectivity index (χ0) is 14.1. The Bertz CT molecular complexity index is 399. The molecule has 4 nitrogen and oxygen atoms in total. The van der Waals surface area contributed by atoms with Gasteiger partial charge in [-0.3, -0.25) is 4.79 Å². The Morgan fingerprint density at radius 2 is 2.05 bits per heavy atom. The maximum atomic E-state index is 11.8. The third kappa shape index (κ3) is 6.78. The largest absolute Gasteiger partial charge is 0.491 e. The molecule has 0 saturated carbocycles. The summed E-state index contributed by atoms with van der Waals surface area (Å²) in [7, 11) is 3.72. The fraction of sp³-hybridized carbons (Fsp3) is 0.533. The van der Waals surface area contributed by atoms with Gasteiger partial charge in [-0.25, -0.2) is 0 Å². The molecule has 1 N–H and O–H groups in total. The van der Waals surface area contributed by atoms with Gasteiger partial charge in [0.15, 0.2) is 0 Å². The summed E-state index contributed by atoms with van der Waals surface area (Å²) in [5, 5.41) is 3.04. The van der Waals surface area contributed by atoms with Crippen LogP contribution in [0.3, 0.4) is 0 Å². The lowest BCUT2D eigenvalue weighted by Crippen LogP contribution is -2.31. The van der Waals surface area contributed by atoms with Gasteiger partial charge in [0.2, 0.25) is 5.91 Å².